The molecule has 0 spiro atoms. The van der Waals surface area contributed by atoms with E-state index >= 15 is 0 Å². The molecule has 78 valence electrons. The first kappa shape index (κ1) is 11.6. The Morgan fingerprint density at radius 1 is 1.36 bits per heavy atom. The highest BCUT2D eigenvalue weighted by molar-refractivity contribution is 6.35. The summed E-state index contributed by atoms with van der Waals surface area (Å²) in [4.78, 5) is 0. The second-order valence-corrected chi connectivity index (χ2v) is 3.89. The molecule has 1 atom stereocenters. The smallest absolute Gasteiger partial charge is 0.137 e. The molecule has 0 fully saturated rings. The van der Waals surface area contributed by atoms with Crippen LogP contribution in [-0.4, -0.2) is 22.9 Å². The minimum Gasteiger partial charge on any atom is -0.506 e. The number of hydrogen-bond donors (Lipinski definition) is 3. The van der Waals surface area contributed by atoms with E-state index in [2.05, 4.69) is 0 Å². The number of benzene rings is 1. The lowest BCUT2D eigenvalue weighted by Gasteiger charge is -2.10. The minimum absolute atomic E-state index is 0.0278. The fourth-order valence-corrected chi connectivity index (χ4v) is 1.66. The summed E-state index contributed by atoms with van der Waals surface area (Å²) in [6.45, 7) is -0.149. The Morgan fingerprint density at radius 2 is 2.00 bits per heavy atom. The summed E-state index contributed by atoms with van der Waals surface area (Å²) >= 11 is 11.5. The number of aromatic hydroxyl groups is 1. The van der Waals surface area contributed by atoms with Crippen LogP contribution >= 0.6 is 23.2 Å². The summed E-state index contributed by atoms with van der Waals surface area (Å²) in [5.74, 6) is -0.0278. The lowest BCUT2D eigenvalue weighted by Crippen LogP contribution is -2.26. The molecule has 1 rings (SSSR count). The van der Waals surface area contributed by atoms with Crippen LogP contribution in [0.3, 0.4) is 0 Å². The van der Waals surface area contributed by atoms with Gasteiger partial charge in [0.1, 0.15) is 5.75 Å². The Morgan fingerprint density at radius 3 is 2.57 bits per heavy atom. The average molecular weight is 236 g/mol. The maximum atomic E-state index is 9.54. The van der Waals surface area contributed by atoms with Crippen LogP contribution in [0.15, 0.2) is 12.1 Å². The van der Waals surface area contributed by atoms with Gasteiger partial charge in [0.15, 0.2) is 0 Å². The molecule has 1 aromatic rings. The number of rotatable bonds is 3. The number of halogens is 2. The van der Waals surface area contributed by atoms with E-state index in [9.17, 15) is 5.11 Å². The molecule has 4 N–H and O–H groups in total. The SMILES string of the molecule is NC(CO)Cc1cc(Cl)cc(Cl)c1O. The Bertz CT molecular complexity index is 331. The molecule has 0 aliphatic rings. The Kier molecular flexibility index (Phi) is 4.01. The fraction of sp³-hybridized carbons (Fsp3) is 0.333. The molecule has 0 aliphatic carbocycles. The second kappa shape index (κ2) is 4.84. The van der Waals surface area contributed by atoms with Crippen LogP contribution in [0, 0.1) is 0 Å². The molecule has 0 heterocycles. The molecule has 1 unspecified atom stereocenters. The third-order valence-corrected chi connectivity index (χ3v) is 2.33. The molecule has 14 heavy (non-hydrogen) atoms. The van der Waals surface area contributed by atoms with Gasteiger partial charge in [0, 0.05) is 11.1 Å². The molecule has 0 aromatic heterocycles. The van der Waals surface area contributed by atoms with Crippen LogP contribution in [0.2, 0.25) is 10.0 Å². The normalized spacial score (nSPS) is 12.9. The van der Waals surface area contributed by atoms with E-state index in [1.165, 1.54) is 6.07 Å². The zero-order valence-electron chi connectivity index (χ0n) is 7.37. The van der Waals surface area contributed by atoms with Crippen LogP contribution in [0.1, 0.15) is 5.56 Å². The highest BCUT2D eigenvalue weighted by atomic mass is 35.5. The number of aliphatic hydroxyl groups excluding tert-OH is 1. The van der Waals surface area contributed by atoms with E-state index in [0.29, 0.717) is 17.0 Å². The van der Waals surface area contributed by atoms with Crippen molar-refractivity contribution in [3.63, 3.8) is 0 Å². The van der Waals surface area contributed by atoms with Crippen molar-refractivity contribution >= 4 is 23.2 Å². The van der Waals surface area contributed by atoms with Gasteiger partial charge < -0.3 is 15.9 Å². The molecule has 0 bridgehead atoms. The molecule has 0 radical (unpaired) electrons. The van der Waals surface area contributed by atoms with Crippen molar-refractivity contribution in [3.05, 3.63) is 27.7 Å². The van der Waals surface area contributed by atoms with Crippen molar-refractivity contribution in [2.24, 2.45) is 5.73 Å². The first-order valence-electron chi connectivity index (χ1n) is 4.08. The van der Waals surface area contributed by atoms with E-state index < -0.39 is 6.04 Å². The standard InChI is InChI=1S/C9H11Cl2NO2/c10-6-1-5(2-7(12)4-13)9(14)8(11)3-6/h1,3,7,13-14H,2,4,12H2. The highest BCUT2D eigenvalue weighted by Gasteiger charge is 2.11. The van der Waals surface area contributed by atoms with Crippen molar-refractivity contribution in [2.75, 3.05) is 6.61 Å². The molecule has 0 saturated heterocycles. The summed E-state index contributed by atoms with van der Waals surface area (Å²) in [5, 5.41) is 18.9. The monoisotopic (exact) mass is 235 g/mol. The predicted octanol–water partition coefficient (Wildman–Crippen LogP) is 1.56. The van der Waals surface area contributed by atoms with Gasteiger partial charge in [-0.3, -0.25) is 0 Å². The van der Waals surface area contributed by atoms with E-state index in [1.807, 2.05) is 0 Å². The third kappa shape index (κ3) is 2.75. The van der Waals surface area contributed by atoms with Crippen LogP contribution in [0.5, 0.6) is 5.75 Å². The summed E-state index contributed by atoms with van der Waals surface area (Å²) < 4.78 is 0. The van der Waals surface area contributed by atoms with E-state index in [1.54, 1.807) is 6.07 Å². The molecule has 0 amide bonds. The topological polar surface area (TPSA) is 66.5 Å². The molecule has 3 nitrogen and oxygen atoms in total. The van der Waals surface area contributed by atoms with Crippen molar-refractivity contribution in [1.82, 2.24) is 0 Å². The van der Waals surface area contributed by atoms with Crippen molar-refractivity contribution in [2.45, 2.75) is 12.5 Å². The summed E-state index contributed by atoms with van der Waals surface area (Å²) in [5.41, 5.74) is 6.07. The lowest BCUT2D eigenvalue weighted by molar-refractivity contribution is 0.264. The highest BCUT2D eigenvalue weighted by Crippen LogP contribution is 2.31. The number of aliphatic hydroxyl groups is 1. The van der Waals surface area contributed by atoms with Gasteiger partial charge in [-0.1, -0.05) is 23.2 Å². The van der Waals surface area contributed by atoms with Crippen LogP contribution in [0.25, 0.3) is 0 Å². The summed E-state index contributed by atoms with van der Waals surface area (Å²) in [7, 11) is 0. The predicted molar refractivity (Wildman–Crippen MR) is 56.9 cm³/mol. The van der Waals surface area contributed by atoms with Crippen LogP contribution < -0.4 is 5.73 Å². The molecule has 0 saturated carbocycles. The van der Waals surface area contributed by atoms with Crippen LogP contribution in [-0.2, 0) is 6.42 Å². The molecular weight excluding hydrogens is 225 g/mol. The largest absolute Gasteiger partial charge is 0.506 e. The van der Waals surface area contributed by atoms with Crippen molar-refractivity contribution < 1.29 is 10.2 Å². The van der Waals surface area contributed by atoms with Gasteiger partial charge in [-0.25, -0.2) is 0 Å². The maximum Gasteiger partial charge on any atom is 0.137 e. The summed E-state index contributed by atoms with van der Waals surface area (Å²) in [6, 6.07) is 2.61. The van der Waals surface area contributed by atoms with E-state index in [0.717, 1.165) is 0 Å². The molecule has 5 heteroatoms. The second-order valence-electron chi connectivity index (χ2n) is 3.04. The van der Waals surface area contributed by atoms with Crippen molar-refractivity contribution in [3.8, 4) is 5.75 Å². The minimum atomic E-state index is -0.421. The number of phenols is 1. The maximum absolute atomic E-state index is 9.54. The van der Waals surface area contributed by atoms with Crippen LogP contribution in [0.4, 0.5) is 0 Å². The molecule has 1 aromatic carbocycles. The van der Waals surface area contributed by atoms with Gasteiger partial charge in [0.25, 0.3) is 0 Å². The first-order valence-corrected chi connectivity index (χ1v) is 4.83. The van der Waals surface area contributed by atoms with Gasteiger partial charge in [0.2, 0.25) is 0 Å². The third-order valence-electron chi connectivity index (χ3n) is 1.82. The lowest BCUT2D eigenvalue weighted by atomic mass is 10.1. The van der Waals surface area contributed by atoms with Gasteiger partial charge in [0.05, 0.1) is 11.6 Å². The van der Waals surface area contributed by atoms with Gasteiger partial charge >= 0.3 is 0 Å². The summed E-state index contributed by atoms with van der Waals surface area (Å²) in [6.07, 6.45) is 0.336. The number of phenolic OH excluding ortho intramolecular Hbond substituents is 1. The Labute approximate surface area is 92.1 Å². The Hall–Kier alpha value is -0.480. The first-order chi connectivity index (χ1) is 6.54. The average Bonchev–Trinajstić information content (AvgIpc) is 2.13. The Balaban J connectivity index is 2.96. The molecule has 0 aliphatic heterocycles. The fourth-order valence-electron chi connectivity index (χ4n) is 1.12. The zero-order chi connectivity index (χ0) is 10.7. The van der Waals surface area contributed by atoms with Gasteiger partial charge in [-0.05, 0) is 24.1 Å². The van der Waals surface area contributed by atoms with E-state index in [4.69, 9.17) is 34.0 Å². The molecular formula is C9H11Cl2NO2. The quantitative estimate of drug-likeness (QED) is 0.746. The zero-order valence-corrected chi connectivity index (χ0v) is 8.89. The number of hydrogen-bond acceptors (Lipinski definition) is 3. The van der Waals surface area contributed by atoms with Gasteiger partial charge in [-0.15, -0.1) is 0 Å². The van der Waals surface area contributed by atoms with E-state index in [-0.39, 0.29) is 17.4 Å². The number of nitrogens with two attached hydrogens (primary N) is 1. The van der Waals surface area contributed by atoms with Crippen molar-refractivity contribution in [1.29, 1.82) is 0 Å². The van der Waals surface area contributed by atoms with Gasteiger partial charge in [-0.2, -0.15) is 0 Å².